The average molecular weight is 193 g/mol. The number of hydrogen-bond donors (Lipinski definition) is 2. The number of carbonyl (C=O) groups is 1. The Labute approximate surface area is 83.8 Å². The number of carbonyl (C=O) groups excluding carboxylic acids is 1. The summed E-state index contributed by atoms with van der Waals surface area (Å²) >= 11 is 0. The molecule has 0 saturated heterocycles. The first kappa shape index (κ1) is 10.7. The van der Waals surface area contributed by atoms with Gasteiger partial charge in [0.15, 0.2) is 0 Å². The van der Waals surface area contributed by atoms with E-state index in [4.69, 9.17) is 0 Å². The zero-order valence-electron chi connectivity index (χ0n) is 8.40. The number of hydrogen-bond acceptors (Lipinski definition) is 2. The summed E-state index contributed by atoms with van der Waals surface area (Å²) < 4.78 is 0. The quantitative estimate of drug-likeness (QED) is 0.759. The highest BCUT2D eigenvalue weighted by Gasteiger charge is 2.17. The van der Waals surface area contributed by atoms with Crippen LogP contribution >= 0.6 is 0 Å². The minimum Gasteiger partial charge on any atom is -0.391 e. The molecule has 0 aliphatic rings. The van der Waals surface area contributed by atoms with Crippen LogP contribution in [0.15, 0.2) is 30.3 Å². The van der Waals surface area contributed by atoms with E-state index < -0.39 is 6.10 Å². The lowest BCUT2D eigenvalue weighted by molar-refractivity contribution is -0.120. The molecule has 2 unspecified atom stereocenters. The van der Waals surface area contributed by atoms with Gasteiger partial charge in [-0.3, -0.25) is 4.79 Å². The van der Waals surface area contributed by atoms with Crippen molar-refractivity contribution in [3.05, 3.63) is 35.9 Å². The normalized spacial score (nSPS) is 14.5. The van der Waals surface area contributed by atoms with Gasteiger partial charge in [-0.15, -0.1) is 0 Å². The predicted molar refractivity (Wildman–Crippen MR) is 54.7 cm³/mol. The minimum absolute atomic E-state index is 0.139. The summed E-state index contributed by atoms with van der Waals surface area (Å²) in [5, 5.41) is 12.2. The van der Waals surface area contributed by atoms with E-state index in [1.165, 1.54) is 6.92 Å². The van der Waals surface area contributed by atoms with Crippen molar-refractivity contribution in [2.24, 2.45) is 0 Å². The highest BCUT2D eigenvalue weighted by Crippen LogP contribution is 2.16. The van der Waals surface area contributed by atoms with Crippen LogP contribution in [0.1, 0.15) is 25.5 Å². The summed E-state index contributed by atoms with van der Waals surface area (Å²) in [6.45, 7) is 3.10. The monoisotopic (exact) mass is 193 g/mol. The number of benzene rings is 1. The van der Waals surface area contributed by atoms with Crippen LogP contribution in [0.5, 0.6) is 0 Å². The molecule has 0 bridgehead atoms. The first-order chi connectivity index (χ1) is 6.61. The van der Waals surface area contributed by atoms with Crippen LogP contribution < -0.4 is 5.32 Å². The predicted octanol–water partition coefficient (Wildman–Crippen LogP) is 1.24. The Bertz CT molecular complexity index is 295. The van der Waals surface area contributed by atoms with Crippen molar-refractivity contribution in [3.8, 4) is 0 Å². The van der Waals surface area contributed by atoms with Crippen molar-refractivity contribution in [3.63, 3.8) is 0 Å². The zero-order chi connectivity index (χ0) is 10.6. The van der Waals surface area contributed by atoms with Crippen molar-refractivity contribution in [1.82, 2.24) is 5.32 Å². The molecule has 0 aliphatic carbocycles. The summed E-state index contributed by atoms with van der Waals surface area (Å²) in [5.74, 6) is -0.139. The molecule has 3 heteroatoms. The third-order valence-corrected chi connectivity index (χ3v) is 2.00. The van der Waals surface area contributed by atoms with Crippen LogP contribution in [0.4, 0.5) is 0 Å². The second-order valence-corrected chi connectivity index (χ2v) is 3.33. The zero-order valence-corrected chi connectivity index (χ0v) is 8.40. The van der Waals surface area contributed by atoms with Gasteiger partial charge in [-0.2, -0.15) is 0 Å². The Morgan fingerprint density at radius 3 is 2.36 bits per heavy atom. The Morgan fingerprint density at radius 1 is 1.36 bits per heavy atom. The highest BCUT2D eigenvalue weighted by atomic mass is 16.3. The van der Waals surface area contributed by atoms with Crippen LogP contribution in [0.2, 0.25) is 0 Å². The smallest absolute Gasteiger partial charge is 0.217 e. The standard InChI is InChI=1S/C11H15NO2/c1-8(13)11(12-9(2)14)10-6-4-3-5-7-10/h3-8,11,13H,1-2H3,(H,12,14). The number of amides is 1. The molecule has 0 aromatic heterocycles. The molecule has 0 spiro atoms. The number of aliphatic hydroxyl groups excluding tert-OH is 1. The number of aliphatic hydroxyl groups is 1. The summed E-state index contributed by atoms with van der Waals surface area (Å²) in [6, 6.07) is 9.10. The summed E-state index contributed by atoms with van der Waals surface area (Å²) in [6.07, 6.45) is -0.596. The van der Waals surface area contributed by atoms with Crippen molar-refractivity contribution < 1.29 is 9.90 Å². The van der Waals surface area contributed by atoms with Crippen molar-refractivity contribution in [1.29, 1.82) is 0 Å². The van der Waals surface area contributed by atoms with Gasteiger partial charge in [0.1, 0.15) is 0 Å². The molecule has 1 aromatic carbocycles. The van der Waals surface area contributed by atoms with Crippen LogP contribution in [0.25, 0.3) is 0 Å². The molecule has 76 valence electrons. The first-order valence-electron chi connectivity index (χ1n) is 4.61. The van der Waals surface area contributed by atoms with E-state index in [-0.39, 0.29) is 11.9 Å². The minimum atomic E-state index is -0.596. The van der Waals surface area contributed by atoms with Crippen LogP contribution in [-0.4, -0.2) is 17.1 Å². The third-order valence-electron chi connectivity index (χ3n) is 2.00. The summed E-state index contributed by atoms with van der Waals surface area (Å²) in [5.41, 5.74) is 0.915. The highest BCUT2D eigenvalue weighted by molar-refractivity contribution is 5.73. The van der Waals surface area contributed by atoms with E-state index in [2.05, 4.69) is 5.32 Å². The van der Waals surface area contributed by atoms with Crippen molar-refractivity contribution in [2.45, 2.75) is 26.0 Å². The van der Waals surface area contributed by atoms with Gasteiger partial charge in [0.2, 0.25) is 5.91 Å². The van der Waals surface area contributed by atoms with Gasteiger partial charge in [0, 0.05) is 6.92 Å². The molecule has 2 N–H and O–H groups in total. The molecule has 0 fully saturated rings. The Kier molecular flexibility index (Phi) is 3.65. The SMILES string of the molecule is CC(=O)NC(c1ccccc1)C(C)O. The van der Waals surface area contributed by atoms with E-state index in [1.54, 1.807) is 6.92 Å². The fourth-order valence-electron chi connectivity index (χ4n) is 1.36. The molecular formula is C11H15NO2. The maximum absolute atomic E-state index is 10.9. The van der Waals surface area contributed by atoms with Gasteiger partial charge in [-0.25, -0.2) is 0 Å². The fourth-order valence-corrected chi connectivity index (χ4v) is 1.36. The van der Waals surface area contributed by atoms with Crippen molar-refractivity contribution >= 4 is 5.91 Å². The van der Waals surface area contributed by atoms with Gasteiger partial charge in [0.05, 0.1) is 12.1 Å². The maximum Gasteiger partial charge on any atom is 0.217 e. The molecule has 1 rings (SSSR count). The molecule has 0 aliphatic heterocycles. The van der Waals surface area contributed by atoms with E-state index in [1.807, 2.05) is 30.3 Å². The lowest BCUT2D eigenvalue weighted by atomic mass is 10.0. The average Bonchev–Trinajstić information content (AvgIpc) is 2.15. The van der Waals surface area contributed by atoms with Gasteiger partial charge in [-0.05, 0) is 12.5 Å². The molecule has 14 heavy (non-hydrogen) atoms. The molecule has 1 aromatic rings. The number of nitrogens with one attached hydrogen (secondary N) is 1. The number of rotatable bonds is 3. The second kappa shape index (κ2) is 4.77. The summed E-state index contributed by atoms with van der Waals surface area (Å²) in [7, 11) is 0. The molecule has 1 amide bonds. The van der Waals surface area contributed by atoms with Crippen LogP contribution in [-0.2, 0) is 4.79 Å². The van der Waals surface area contributed by atoms with Crippen molar-refractivity contribution in [2.75, 3.05) is 0 Å². The molecule has 0 radical (unpaired) electrons. The van der Waals surface area contributed by atoms with Gasteiger partial charge >= 0.3 is 0 Å². The maximum atomic E-state index is 10.9. The third kappa shape index (κ3) is 2.85. The van der Waals surface area contributed by atoms with E-state index >= 15 is 0 Å². The second-order valence-electron chi connectivity index (χ2n) is 3.33. The van der Waals surface area contributed by atoms with Gasteiger partial charge in [0.25, 0.3) is 0 Å². The van der Waals surface area contributed by atoms with Crippen LogP contribution in [0.3, 0.4) is 0 Å². The lowest BCUT2D eigenvalue weighted by Crippen LogP contribution is -2.33. The molecule has 0 saturated carbocycles. The fraction of sp³-hybridized carbons (Fsp3) is 0.364. The molecular weight excluding hydrogens is 178 g/mol. The molecule has 0 heterocycles. The largest absolute Gasteiger partial charge is 0.391 e. The Balaban J connectivity index is 2.83. The van der Waals surface area contributed by atoms with Crippen LogP contribution in [0, 0.1) is 0 Å². The Morgan fingerprint density at radius 2 is 1.93 bits per heavy atom. The first-order valence-corrected chi connectivity index (χ1v) is 4.61. The Hall–Kier alpha value is -1.35. The van der Waals surface area contributed by atoms with Gasteiger partial charge < -0.3 is 10.4 Å². The molecule has 2 atom stereocenters. The van der Waals surface area contributed by atoms with Gasteiger partial charge in [-0.1, -0.05) is 30.3 Å². The van der Waals surface area contributed by atoms with E-state index in [0.29, 0.717) is 0 Å². The topological polar surface area (TPSA) is 49.3 Å². The lowest BCUT2D eigenvalue weighted by Gasteiger charge is -2.20. The molecule has 3 nitrogen and oxygen atoms in total. The van der Waals surface area contributed by atoms with E-state index in [0.717, 1.165) is 5.56 Å². The summed E-state index contributed by atoms with van der Waals surface area (Å²) in [4.78, 5) is 10.9. The van der Waals surface area contributed by atoms with E-state index in [9.17, 15) is 9.90 Å².